The third-order valence-corrected chi connectivity index (χ3v) is 6.05. The zero-order chi connectivity index (χ0) is 24.7. The molecule has 0 aliphatic carbocycles. The minimum absolute atomic E-state index is 0.169. The predicted molar refractivity (Wildman–Crippen MR) is 119 cm³/mol. The van der Waals surface area contributed by atoms with E-state index in [4.69, 9.17) is 9.47 Å². The van der Waals surface area contributed by atoms with Crippen molar-refractivity contribution in [2.24, 2.45) is 0 Å². The highest BCUT2D eigenvalue weighted by molar-refractivity contribution is 6.40. The maximum Gasteiger partial charge on any atom is 0.410 e. The molecule has 3 amide bonds. The van der Waals surface area contributed by atoms with Gasteiger partial charge in [-0.2, -0.15) is 0 Å². The number of nitrogens with one attached hydrogen (secondary N) is 3. The van der Waals surface area contributed by atoms with Gasteiger partial charge in [0.25, 0.3) is 0 Å². The second-order valence-corrected chi connectivity index (χ2v) is 9.80. The first-order chi connectivity index (χ1) is 15.9. The number of carbonyl (C=O) groups excluding carboxylic acids is 3. The van der Waals surface area contributed by atoms with Crippen molar-refractivity contribution in [2.45, 2.75) is 57.3 Å². The van der Waals surface area contributed by atoms with E-state index in [9.17, 15) is 23.2 Å². The zero-order valence-corrected chi connectivity index (χ0v) is 19.3. The predicted octanol–water partition coefficient (Wildman–Crippen LogP) is 3.06. The molecule has 2 aromatic rings. The van der Waals surface area contributed by atoms with E-state index < -0.39 is 34.7 Å². The van der Waals surface area contributed by atoms with Crippen molar-refractivity contribution >= 4 is 34.5 Å². The summed E-state index contributed by atoms with van der Waals surface area (Å²) < 4.78 is 38.3. The number of aromatic nitrogens is 1. The number of H-pyrrole nitrogens is 1. The van der Waals surface area contributed by atoms with Crippen LogP contribution >= 0.6 is 0 Å². The van der Waals surface area contributed by atoms with Gasteiger partial charge in [-0.3, -0.25) is 9.59 Å². The van der Waals surface area contributed by atoms with Crippen LogP contribution in [0.3, 0.4) is 0 Å². The molecule has 2 saturated heterocycles. The summed E-state index contributed by atoms with van der Waals surface area (Å²) in [6, 6.07) is 1.57. The molecule has 0 radical (unpaired) electrons. The lowest BCUT2D eigenvalue weighted by Crippen LogP contribution is -2.48. The van der Waals surface area contributed by atoms with Gasteiger partial charge in [0.05, 0.1) is 29.5 Å². The van der Waals surface area contributed by atoms with Crippen LogP contribution in [0.5, 0.6) is 0 Å². The molecule has 0 bridgehead atoms. The number of amides is 3. The molecule has 4 rings (SSSR count). The normalized spacial score (nSPS) is 19.9. The lowest BCUT2D eigenvalue weighted by molar-refractivity contribution is -0.136. The average molecular weight is 478 g/mol. The van der Waals surface area contributed by atoms with Crippen LogP contribution < -0.4 is 10.6 Å². The second kappa shape index (κ2) is 8.86. The highest BCUT2D eigenvalue weighted by Gasteiger charge is 2.44. The summed E-state index contributed by atoms with van der Waals surface area (Å²) in [5, 5.41) is 5.34. The van der Waals surface area contributed by atoms with Crippen LogP contribution in [-0.4, -0.2) is 64.7 Å². The summed E-state index contributed by atoms with van der Waals surface area (Å²) in [5.41, 5.74) is -0.574. The standard InChI is InChI=1S/C23H28F2N4O5/c1-22(2,3)34-21(32)29-6-4-23(5-7-29)10-13(12-33-23)27-19(30)20(31)28-18-11-26-17-9-16(25)15(24)8-14(17)18/h8-9,11,13,26H,4-7,10,12H2,1-3H3,(H,27,30)(H,28,31). The van der Waals surface area contributed by atoms with Gasteiger partial charge in [0.1, 0.15) is 5.60 Å². The van der Waals surface area contributed by atoms with Crippen LogP contribution in [0.2, 0.25) is 0 Å². The Bertz CT molecular complexity index is 1120. The quantitative estimate of drug-likeness (QED) is 0.575. The van der Waals surface area contributed by atoms with Gasteiger partial charge in [-0.05, 0) is 46.1 Å². The first kappa shape index (κ1) is 23.9. The number of fused-ring (bicyclic) bond motifs is 1. The minimum atomic E-state index is -1.06. The number of carbonyl (C=O) groups is 3. The van der Waals surface area contributed by atoms with Crippen LogP contribution in [0.15, 0.2) is 18.3 Å². The van der Waals surface area contributed by atoms with Gasteiger partial charge in [0.2, 0.25) is 0 Å². The van der Waals surface area contributed by atoms with Gasteiger partial charge in [0, 0.05) is 30.7 Å². The molecule has 2 fully saturated rings. The topological polar surface area (TPSA) is 113 Å². The van der Waals surface area contributed by atoms with Crippen LogP contribution in [-0.2, 0) is 19.1 Å². The summed E-state index contributed by atoms with van der Waals surface area (Å²) in [6.45, 7) is 6.66. The van der Waals surface area contributed by atoms with Gasteiger partial charge in [-0.25, -0.2) is 13.6 Å². The van der Waals surface area contributed by atoms with Crippen LogP contribution in [0.25, 0.3) is 10.9 Å². The monoisotopic (exact) mass is 478 g/mol. The largest absolute Gasteiger partial charge is 0.444 e. The number of nitrogens with zero attached hydrogens (tertiary/aromatic N) is 1. The minimum Gasteiger partial charge on any atom is -0.444 e. The Labute approximate surface area is 195 Å². The first-order valence-corrected chi connectivity index (χ1v) is 11.1. The fourth-order valence-corrected chi connectivity index (χ4v) is 4.36. The Morgan fingerprint density at radius 1 is 1.15 bits per heavy atom. The molecular formula is C23H28F2N4O5. The van der Waals surface area contributed by atoms with E-state index in [0.29, 0.717) is 37.9 Å². The number of piperidine rings is 1. The van der Waals surface area contributed by atoms with Crippen LogP contribution in [0.1, 0.15) is 40.0 Å². The Morgan fingerprint density at radius 2 is 1.82 bits per heavy atom. The van der Waals surface area contributed by atoms with Crippen molar-refractivity contribution < 1.29 is 32.6 Å². The third-order valence-electron chi connectivity index (χ3n) is 6.05. The Balaban J connectivity index is 1.29. The van der Waals surface area contributed by atoms with E-state index in [1.54, 1.807) is 4.90 Å². The van der Waals surface area contributed by atoms with Crippen molar-refractivity contribution in [3.05, 3.63) is 30.0 Å². The smallest absolute Gasteiger partial charge is 0.410 e. The molecule has 1 atom stereocenters. The molecule has 1 aromatic heterocycles. The van der Waals surface area contributed by atoms with Gasteiger partial charge in [-0.15, -0.1) is 0 Å². The molecule has 34 heavy (non-hydrogen) atoms. The van der Waals surface area contributed by atoms with Crippen molar-refractivity contribution in [3.63, 3.8) is 0 Å². The van der Waals surface area contributed by atoms with Crippen LogP contribution in [0, 0.1) is 11.6 Å². The summed E-state index contributed by atoms with van der Waals surface area (Å²) in [6.07, 6.45) is 2.72. The number of benzene rings is 1. The number of hydrogen-bond acceptors (Lipinski definition) is 5. The highest BCUT2D eigenvalue weighted by atomic mass is 19.2. The average Bonchev–Trinajstić information content (AvgIpc) is 3.31. The van der Waals surface area contributed by atoms with E-state index in [2.05, 4.69) is 15.6 Å². The van der Waals surface area contributed by atoms with E-state index in [1.165, 1.54) is 6.20 Å². The number of halogens is 2. The molecule has 3 N–H and O–H groups in total. The third kappa shape index (κ3) is 5.14. The Morgan fingerprint density at radius 3 is 2.50 bits per heavy atom. The van der Waals surface area contributed by atoms with Gasteiger partial charge in [0.15, 0.2) is 11.6 Å². The van der Waals surface area contributed by atoms with Crippen LogP contribution in [0.4, 0.5) is 19.3 Å². The van der Waals surface area contributed by atoms with Crippen molar-refractivity contribution in [2.75, 3.05) is 25.0 Å². The Kier molecular flexibility index (Phi) is 6.24. The maximum atomic E-state index is 13.6. The second-order valence-electron chi connectivity index (χ2n) is 9.80. The fourth-order valence-electron chi connectivity index (χ4n) is 4.36. The molecule has 2 aliphatic heterocycles. The molecule has 9 nitrogen and oxygen atoms in total. The molecule has 11 heteroatoms. The van der Waals surface area contributed by atoms with Gasteiger partial charge >= 0.3 is 17.9 Å². The molecule has 1 spiro atoms. The Hall–Kier alpha value is -3.21. The van der Waals surface area contributed by atoms with Gasteiger partial charge in [-0.1, -0.05) is 0 Å². The summed E-state index contributed by atoms with van der Waals surface area (Å²) in [4.78, 5) is 41.5. The molecule has 3 heterocycles. The highest BCUT2D eigenvalue weighted by Crippen LogP contribution is 2.36. The van der Waals surface area contributed by atoms with E-state index in [0.717, 1.165) is 12.1 Å². The van der Waals surface area contributed by atoms with Crippen molar-refractivity contribution in [3.8, 4) is 0 Å². The fraction of sp³-hybridized carbons (Fsp3) is 0.522. The van der Waals surface area contributed by atoms with E-state index in [1.807, 2.05) is 20.8 Å². The molecular weight excluding hydrogens is 450 g/mol. The SMILES string of the molecule is CC(C)(C)OC(=O)N1CCC2(CC1)CC(NC(=O)C(=O)Nc1c[nH]c3cc(F)c(F)cc13)CO2. The summed E-state index contributed by atoms with van der Waals surface area (Å²) in [7, 11) is 0. The van der Waals surface area contributed by atoms with Crippen molar-refractivity contribution in [1.29, 1.82) is 0 Å². The number of aromatic amines is 1. The number of ether oxygens (including phenoxy) is 2. The molecule has 2 aliphatic rings. The molecule has 0 saturated carbocycles. The number of anilines is 1. The number of hydrogen-bond donors (Lipinski definition) is 3. The number of rotatable bonds is 2. The zero-order valence-electron chi connectivity index (χ0n) is 19.3. The molecule has 1 unspecified atom stereocenters. The number of likely N-dealkylation sites (tertiary alicyclic amines) is 1. The van der Waals surface area contributed by atoms with Gasteiger partial charge < -0.3 is 30.0 Å². The lowest BCUT2D eigenvalue weighted by Gasteiger charge is -2.39. The summed E-state index contributed by atoms with van der Waals surface area (Å²) in [5.74, 6) is -3.85. The van der Waals surface area contributed by atoms with E-state index in [-0.39, 0.29) is 29.8 Å². The van der Waals surface area contributed by atoms with Crippen molar-refractivity contribution in [1.82, 2.24) is 15.2 Å². The summed E-state index contributed by atoms with van der Waals surface area (Å²) >= 11 is 0. The first-order valence-electron chi connectivity index (χ1n) is 11.1. The molecule has 1 aromatic carbocycles. The maximum absolute atomic E-state index is 13.6. The van der Waals surface area contributed by atoms with E-state index >= 15 is 0 Å². The molecule has 184 valence electrons. The lowest BCUT2D eigenvalue weighted by atomic mass is 9.87.